The van der Waals surface area contributed by atoms with Crippen molar-refractivity contribution in [3.8, 4) is 0 Å². The summed E-state index contributed by atoms with van der Waals surface area (Å²) < 4.78 is 11.4. The number of H-pyrrole nitrogens is 1. The quantitative estimate of drug-likeness (QED) is 0.267. The van der Waals surface area contributed by atoms with E-state index in [1.165, 1.54) is 41.4 Å². The molecule has 4 fully saturated rings. The molecular formula is C42H59NO4. The summed E-state index contributed by atoms with van der Waals surface area (Å²) in [5.41, 5.74) is 4.91. The summed E-state index contributed by atoms with van der Waals surface area (Å²) >= 11 is 0. The van der Waals surface area contributed by atoms with Crippen LogP contribution in [0.4, 0.5) is 0 Å². The van der Waals surface area contributed by atoms with E-state index in [2.05, 4.69) is 77.4 Å². The van der Waals surface area contributed by atoms with Crippen molar-refractivity contribution in [2.75, 3.05) is 6.61 Å². The van der Waals surface area contributed by atoms with Crippen LogP contribution in [-0.4, -0.2) is 29.1 Å². The van der Waals surface area contributed by atoms with Crippen LogP contribution in [-0.2, 0) is 30.9 Å². The number of ether oxygens (including phenoxy) is 2. The fourth-order valence-electron chi connectivity index (χ4n) is 13.4. The molecule has 1 aromatic carbocycles. The second kappa shape index (κ2) is 10.5. The van der Waals surface area contributed by atoms with Crippen molar-refractivity contribution >= 4 is 22.8 Å². The highest BCUT2D eigenvalue weighted by molar-refractivity contribution is 5.85. The van der Waals surface area contributed by atoms with Crippen molar-refractivity contribution in [2.45, 2.75) is 131 Å². The minimum Gasteiger partial charge on any atom is -0.457 e. The number of hydrogen-bond acceptors (Lipinski definition) is 4. The smallest absolute Gasteiger partial charge is 0.344 e. The number of fused-ring (bicyclic) bond motifs is 10. The first-order chi connectivity index (χ1) is 21.9. The van der Waals surface area contributed by atoms with E-state index in [0.717, 1.165) is 38.5 Å². The molecule has 4 saturated carbocycles. The number of benzene rings is 1. The van der Waals surface area contributed by atoms with Crippen LogP contribution in [0, 0.1) is 51.2 Å². The third kappa shape index (κ3) is 4.52. The molecule has 47 heavy (non-hydrogen) atoms. The van der Waals surface area contributed by atoms with E-state index in [-0.39, 0.29) is 40.2 Å². The lowest BCUT2D eigenvalue weighted by molar-refractivity contribution is -0.229. The first-order valence-corrected chi connectivity index (χ1v) is 18.5. The maximum atomic E-state index is 14.2. The Morgan fingerprint density at radius 2 is 1.64 bits per heavy atom. The summed E-state index contributed by atoms with van der Waals surface area (Å²) in [6.07, 6.45) is 9.65. The highest BCUT2D eigenvalue weighted by Gasteiger charge is 2.72. The summed E-state index contributed by atoms with van der Waals surface area (Å²) in [5.74, 6) is 1.53. The van der Waals surface area contributed by atoms with Crippen LogP contribution in [0.1, 0.15) is 125 Å². The van der Waals surface area contributed by atoms with Crippen LogP contribution in [0.25, 0.3) is 10.9 Å². The van der Waals surface area contributed by atoms with Gasteiger partial charge in [0.1, 0.15) is 5.60 Å². The Kier molecular flexibility index (Phi) is 7.34. The third-order valence-electron chi connectivity index (χ3n) is 15.4. The van der Waals surface area contributed by atoms with E-state index >= 15 is 0 Å². The van der Waals surface area contributed by atoms with Gasteiger partial charge >= 0.3 is 11.9 Å². The van der Waals surface area contributed by atoms with Crippen molar-refractivity contribution < 1.29 is 19.1 Å². The molecule has 5 heteroatoms. The molecule has 0 radical (unpaired) electrons. The van der Waals surface area contributed by atoms with Gasteiger partial charge in [0.2, 0.25) is 0 Å². The second-order valence-electron chi connectivity index (χ2n) is 18.9. The molecule has 0 bridgehead atoms. The lowest BCUT2D eigenvalue weighted by Crippen LogP contribution is -2.67. The van der Waals surface area contributed by atoms with Crippen LogP contribution in [0.5, 0.6) is 0 Å². The molecule has 0 saturated heterocycles. The molecule has 0 amide bonds. The van der Waals surface area contributed by atoms with Crippen LogP contribution in [0.3, 0.4) is 0 Å². The summed E-state index contributed by atoms with van der Waals surface area (Å²) in [6.45, 7) is 24.8. The summed E-state index contributed by atoms with van der Waals surface area (Å²) in [7, 11) is 0. The molecule has 1 N–H and O–H groups in total. The Labute approximate surface area is 283 Å². The number of hydrogen-bond donors (Lipinski definition) is 1. The molecule has 5 nitrogen and oxygen atoms in total. The van der Waals surface area contributed by atoms with Crippen LogP contribution in [0.15, 0.2) is 36.4 Å². The topological polar surface area (TPSA) is 68.4 Å². The number of carbonyl (C=O) groups is 2. The Hall–Kier alpha value is -2.56. The van der Waals surface area contributed by atoms with Crippen LogP contribution >= 0.6 is 0 Å². The summed E-state index contributed by atoms with van der Waals surface area (Å²) in [6, 6.07) is 8.92. The molecule has 5 aliphatic rings. The summed E-state index contributed by atoms with van der Waals surface area (Å²) in [5, 5.41) is 1.41. The van der Waals surface area contributed by atoms with Crippen molar-refractivity contribution in [1.29, 1.82) is 0 Å². The number of aromatic nitrogens is 1. The van der Waals surface area contributed by atoms with Gasteiger partial charge in [-0.05, 0) is 143 Å². The van der Waals surface area contributed by atoms with E-state index in [0.29, 0.717) is 23.7 Å². The Morgan fingerprint density at radius 3 is 2.34 bits per heavy atom. The van der Waals surface area contributed by atoms with Gasteiger partial charge in [0.05, 0.1) is 5.41 Å². The number of carbonyl (C=O) groups excluding carboxylic acids is 2. The van der Waals surface area contributed by atoms with E-state index in [4.69, 9.17) is 9.47 Å². The van der Waals surface area contributed by atoms with Crippen molar-refractivity contribution in [3.63, 3.8) is 0 Å². The number of allylic oxidation sites excluding steroid dienone is 1. The first kappa shape index (κ1) is 33.0. The lowest BCUT2D eigenvalue weighted by atomic mass is 9.32. The summed E-state index contributed by atoms with van der Waals surface area (Å²) in [4.78, 5) is 30.7. The monoisotopic (exact) mass is 641 g/mol. The normalized spacial score (nSPS) is 40.3. The molecule has 0 spiro atoms. The zero-order chi connectivity index (χ0) is 33.9. The van der Waals surface area contributed by atoms with E-state index in [1.54, 1.807) is 5.56 Å². The van der Waals surface area contributed by atoms with Gasteiger partial charge < -0.3 is 14.5 Å². The molecule has 5 aliphatic carbocycles. The van der Waals surface area contributed by atoms with Crippen molar-refractivity contribution in [3.05, 3.63) is 47.7 Å². The van der Waals surface area contributed by atoms with Crippen molar-refractivity contribution in [1.82, 2.24) is 4.98 Å². The third-order valence-corrected chi connectivity index (χ3v) is 15.4. The zero-order valence-corrected chi connectivity index (χ0v) is 30.6. The van der Waals surface area contributed by atoms with Gasteiger partial charge in [-0.25, -0.2) is 4.79 Å². The fourth-order valence-corrected chi connectivity index (χ4v) is 13.4. The Balaban J connectivity index is 1.23. The zero-order valence-electron chi connectivity index (χ0n) is 30.6. The number of para-hydroxylation sites is 1. The SMILES string of the molecule is C=C(C)C1CC[C@]2(C(=O)OCC(=O)OC(C)(C)C)CC[C@]3(C)C(CCC4[C@@]5(C)Cc6c([nH]c7ccccc67)C(C)(C)C5CC[C@]43C)C12. The van der Waals surface area contributed by atoms with E-state index in [1.807, 2.05) is 20.8 Å². The molecule has 256 valence electrons. The average Bonchev–Trinajstić information content (AvgIpc) is 3.56. The molecule has 7 rings (SSSR count). The van der Waals surface area contributed by atoms with Gasteiger partial charge in [-0.2, -0.15) is 0 Å². The molecular weight excluding hydrogens is 582 g/mol. The minimum absolute atomic E-state index is 0.0799. The standard InChI is InChI=1S/C42H59NO4/c1-25(2)26-17-20-42(36(45)46-24-33(44)47-37(3,4)5)22-21-40(9)29(34(26)42)15-16-32-39(8)23-28-27-13-11-12-14-30(27)43-35(28)38(6,7)31(39)18-19-41(32,40)10/h11-14,26,29,31-32,34,43H,1,15-24H2,2-10H3/t26?,29?,31?,32?,34?,39-,40+,41+,42-/m0/s1. The van der Waals surface area contributed by atoms with Crippen LogP contribution in [0.2, 0.25) is 0 Å². The largest absolute Gasteiger partial charge is 0.457 e. The molecule has 1 aromatic heterocycles. The number of nitrogens with one attached hydrogen (secondary N) is 1. The average molecular weight is 642 g/mol. The highest BCUT2D eigenvalue weighted by Crippen LogP contribution is 2.77. The predicted molar refractivity (Wildman–Crippen MR) is 188 cm³/mol. The van der Waals surface area contributed by atoms with Crippen LogP contribution < -0.4 is 0 Å². The minimum atomic E-state index is -0.609. The van der Waals surface area contributed by atoms with Gasteiger partial charge in [-0.1, -0.05) is 65.0 Å². The predicted octanol–water partition coefficient (Wildman–Crippen LogP) is 9.72. The lowest BCUT2D eigenvalue weighted by Gasteiger charge is -2.72. The van der Waals surface area contributed by atoms with Gasteiger partial charge in [-0.3, -0.25) is 4.79 Å². The fraction of sp³-hybridized carbons (Fsp3) is 0.714. The first-order valence-electron chi connectivity index (χ1n) is 18.5. The maximum Gasteiger partial charge on any atom is 0.344 e. The molecule has 1 heterocycles. The van der Waals surface area contributed by atoms with Gasteiger partial charge in [-0.15, -0.1) is 0 Å². The maximum absolute atomic E-state index is 14.2. The Bertz CT molecular complexity index is 1630. The number of aromatic amines is 1. The highest BCUT2D eigenvalue weighted by atomic mass is 16.6. The second-order valence-corrected chi connectivity index (χ2v) is 18.9. The molecule has 2 aromatic rings. The molecule has 9 atom stereocenters. The number of esters is 2. The van der Waals surface area contributed by atoms with Gasteiger partial charge in [0.15, 0.2) is 6.61 Å². The van der Waals surface area contributed by atoms with E-state index < -0.39 is 17.0 Å². The Morgan fingerprint density at radius 1 is 0.915 bits per heavy atom. The van der Waals surface area contributed by atoms with Crippen molar-refractivity contribution in [2.24, 2.45) is 51.2 Å². The molecule has 0 aliphatic heterocycles. The van der Waals surface area contributed by atoms with Gasteiger partial charge in [0, 0.05) is 22.0 Å². The molecule has 5 unspecified atom stereocenters. The number of rotatable bonds is 4. The van der Waals surface area contributed by atoms with Gasteiger partial charge in [0.25, 0.3) is 0 Å². The van der Waals surface area contributed by atoms with E-state index in [9.17, 15) is 9.59 Å².